The van der Waals surface area contributed by atoms with Gasteiger partial charge in [0.2, 0.25) is 5.95 Å². The van der Waals surface area contributed by atoms with Gasteiger partial charge in [-0.1, -0.05) is 36.4 Å². The highest BCUT2D eigenvalue weighted by atomic mass is 15.2. The summed E-state index contributed by atoms with van der Waals surface area (Å²) in [6, 6.07) is 16.2. The predicted octanol–water partition coefficient (Wildman–Crippen LogP) is 3.12. The van der Waals surface area contributed by atoms with Gasteiger partial charge in [-0.15, -0.1) is 0 Å². The normalized spacial score (nSPS) is 10.3. The highest BCUT2D eigenvalue weighted by Gasteiger charge is 2.05. The number of aromatic nitrogens is 3. The largest absolute Gasteiger partial charge is 0.355 e. The topological polar surface area (TPSA) is 53.9 Å². The van der Waals surface area contributed by atoms with Crippen molar-refractivity contribution in [1.82, 2.24) is 15.0 Å². The summed E-state index contributed by atoms with van der Waals surface area (Å²) in [5.74, 6) is 1.50. The highest BCUT2D eigenvalue weighted by molar-refractivity contribution is 5.42. The molecule has 116 valence electrons. The molecular formula is C18H19N5. The lowest BCUT2D eigenvalue weighted by Crippen LogP contribution is -2.18. The average molecular weight is 305 g/mol. The molecule has 0 bridgehead atoms. The zero-order valence-corrected chi connectivity index (χ0v) is 13.1. The van der Waals surface area contributed by atoms with Crippen molar-refractivity contribution >= 4 is 11.8 Å². The minimum atomic E-state index is 0.617. The van der Waals surface area contributed by atoms with Crippen LogP contribution in [0.15, 0.2) is 67.1 Å². The van der Waals surface area contributed by atoms with Crippen molar-refractivity contribution in [3.05, 3.63) is 78.2 Å². The quantitative estimate of drug-likeness (QED) is 0.758. The SMILES string of the molecule is CN(Cc1ccccc1)c1ccnc(NCc2cccnc2)n1. The predicted molar refractivity (Wildman–Crippen MR) is 92.1 cm³/mol. The van der Waals surface area contributed by atoms with Crippen molar-refractivity contribution in [3.63, 3.8) is 0 Å². The molecule has 5 nitrogen and oxygen atoms in total. The molecule has 0 radical (unpaired) electrons. The Morgan fingerprint density at radius 3 is 2.57 bits per heavy atom. The van der Waals surface area contributed by atoms with Crippen molar-refractivity contribution in [2.24, 2.45) is 0 Å². The Labute approximate surface area is 136 Å². The fourth-order valence-electron chi connectivity index (χ4n) is 2.27. The molecule has 0 aliphatic heterocycles. The fraction of sp³-hybridized carbons (Fsp3) is 0.167. The van der Waals surface area contributed by atoms with Gasteiger partial charge in [-0.25, -0.2) is 4.98 Å². The van der Waals surface area contributed by atoms with Crippen LogP contribution in [0, 0.1) is 0 Å². The van der Waals surface area contributed by atoms with E-state index in [-0.39, 0.29) is 0 Å². The van der Waals surface area contributed by atoms with E-state index in [1.165, 1.54) is 5.56 Å². The third kappa shape index (κ3) is 4.26. The van der Waals surface area contributed by atoms with Crippen molar-refractivity contribution < 1.29 is 0 Å². The van der Waals surface area contributed by atoms with Gasteiger partial charge in [0.05, 0.1) is 0 Å². The minimum Gasteiger partial charge on any atom is -0.355 e. The Morgan fingerprint density at radius 1 is 0.957 bits per heavy atom. The standard InChI is InChI=1S/C18H19N5/c1-23(14-15-6-3-2-4-7-15)17-9-11-20-18(22-17)21-13-16-8-5-10-19-12-16/h2-12H,13-14H2,1H3,(H,20,21,22). The third-order valence-electron chi connectivity index (χ3n) is 3.47. The second-order valence-corrected chi connectivity index (χ2v) is 5.29. The lowest BCUT2D eigenvalue weighted by molar-refractivity contribution is 0.889. The van der Waals surface area contributed by atoms with Crippen molar-refractivity contribution in [2.45, 2.75) is 13.1 Å². The molecule has 2 heterocycles. The summed E-state index contributed by atoms with van der Waals surface area (Å²) in [6.45, 7) is 1.46. The van der Waals surface area contributed by atoms with Gasteiger partial charge in [0.1, 0.15) is 5.82 Å². The second kappa shape index (κ2) is 7.35. The van der Waals surface area contributed by atoms with E-state index in [0.717, 1.165) is 17.9 Å². The molecule has 0 aliphatic rings. The van der Waals surface area contributed by atoms with E-state index in [2.05, 4.69) is 37.3 Å². The number of benzene rings is 1. The molecule has 0 unspecified atom stereocenters. The molecule has 0 atom stereocenters. The van der Waals surface area contributed by atoms with Crippen molar-refractivity contribution in [1.29, 1.82) is 0 Å². The number of anilines is 2. The van der Waals surface area contributed by atoms with Crippen LogP contribution >= 0.6 is 0 Å². The molecule has 0 amide bonds. The lowest BCUT2D eigenvalue weighted by atomic mass is 10.2. The molecule has 23 heavy (non-hydrogen) atoms. The molecule has 1 N–H and O–H groups in total. The van der Waals surface area contributed by atoms with Crippen LogP contribution < -0.4 is 10.2 Å². The number of nitrogens with one attached hydrogen (secondary N) is 1. The molecule has 0 saturated carbocycles. The van der Waals surface area contributed by atoms with E-state index in [1.54, 1.807) is 12.4 Å². The van der Waals surface area contributed by atoms with E-state index in [4.69, 9.17) is 0 Å². The first-order valence-electron chi connectivity index (χ1n) is 7.52. The first-order valence-corrected chi connectivity index (χ1v) is 7.52. The maximum absolute atomic E-state index is 4.57. The Hall–Kier alpha value is -2.95. The number of pyridine rings is 1. The van der Waals surface area contributed by atoms with Crippen LogP contribution in [0.25, 0.3) is 0 Å². The molecular weight excluding hydrogens is 286 g/mol. The molecule has 1 aromatic carbocycles. The van der Waals surface area contributed by atoms with Crippen LogP contribution in [0.3, 0.4) is 0 Å². The monoisotopic (exact) mass is 305 g/mol. The van der Waals surface area contributed by atoms with Crippen molar-refractivity contribution in [3.8, 4) is 0 Å². The molecule has 0 saturated heterocycles. The molecule has 0 aliphatic carbocycles. The zero-order valence-electron chi connectivity index (χ0n) is 13.1. The summed E-state index contributed by atoms with van der Waals surface area (Å²) >= 11 is 0. The van der Waals surface area contributed by atoms with Crippen LogP contribution in [0.2, 0.25) is 0 Å². The molecule has 2 aromatic heterocycles. The summed E-state index contributed by atoms with van der Waals surface area (Å²) < 4.78 is 0. The van der Waals surface area contributed by atoms with Gasteiger partial charge in [0.25, 0.3) is 0 Å². The number of hydrogen-bond acceptors (Lipinski definition) is 5. The number of rotatable bonds is 6. The second-order valence-electron chi connectivity index (χ2n) is 5.29. The summed E-state index contributed by atoms with van der Waals surface area (Å²) in [5, 5.41) is 3.23. The maximum Gasteiger partial charge on any atom is 0.224 e. The fourth-order valence-corrected chi connectivity index (χ4v) is 2.27. The highest BCUT2D eigenvalue weighted by Crippen LogP contribution is 2.14. The number of nitrogens with zero attached hydrogens (tertiary/aromatic N) is 4. The van der Waals surface area contributed by atoms with E-state index < -0.39 is 0 Å². The van der Waals surface area contributed by atoms with Gasteiger partial charge >= 0.3 is 0 Å². The van der Waals surface area contributed by atoms with Gasteiger partial charge in [-0.05, 0) is 23.3 Å². The molecule has 3 rings (SSSR count). The molecule has 5 heteroatoms. The van der Waals surface area contributed by atoms with E-state index >= 15 is 0 Å². The summed E-state index contributed by atoms with van der Waals surface area (Å²) in [4.78, 5) is 15.0. The van der Waals surface area contributed by atoms with E-state index in [0.29, 0.717) is 12.5 Å². The first kappa shape index (κ1) is 15.0. The lowest BCUT2D eigenvalue weighted by Gasteiger charge is -2.18. The summed E-state index contributed by atoms with van der Waals surface area (Å²) in [5.41, 5.74) is 2.35. The van der Waals surface area contributed by atoms with Crippen LogP contribution in [-0.2, 0) is 13.1 Å². The smallest absolute Gasteiger partial charge is 0.224 e. The molecule has 0 spiro atoms. The van der Waals surface area contributed by atoms with Crippen molar-refractivity contribution in [2.75, 3.05) is 17.3 Å². The van der Waals surface area contributed by atoms with E-state index in [1.807, 2.05) is 49.6 Å². The first-order chi connectivity index (χ1) is 11.3. The van der Waals surface area contributed by atoms with Crippen LogP contribution in [0.4, 0.5) is 11.8 Å². The maximum atomic E-state index is 4.57. The van der Waals surface area contributed by atoms with Crippen LogP contribution in [0.5, 0.6) is 0 Å². The summed E-state index contributed by atoms with van der Waals surface area (Å²) in [7, 11) is 2.03. The van der Waals surface area contributed by atoms with Gasteiger partial charge in [0.15, 0.2) is 0 Å². The summed E-state index contributed by atoms with van der Waals surface area (Å²) in [6.07, 6.45) is 5.37. The van der Waals surface area contributed by atoms with Crippen LogP contribution in [0.1, 0.15) is 11.1 Å². The Morgan fingerprint density at radius 2 is 1.78 bits per heavy atom. The Balaban J connectivity index is 1.64. The van der Waals surface area contributed by atoms with Crippen LogP contribution in [-0.4, -0.2) is 22.0 Å². The minimum absolute atomic E-state index is 0.617. The van der Waals surface area contributed by atoms with Gasteiger partial charge in [-0.3, -0.25) is 4.98 Å². The van der Waals surface area contributed by atoms with Gasteiger partial charge in [0, 0.05) is 38.7 Å². The Bertz CT molecular complexity index is 731. The number of hydrogen-bond donors (Lipinski definition) is 1. The zero-order chi connectivity index (χ0) is 15.9. The third-order valence-corrected chi connectivity index (χ3v) is 3.47. The average Bonchev–Trinajstić information content (AvgIpc) is 2.62. The van der Waals surface area contributed by atoms with E-state index in [9.17, 15) is 0 Å². The Kier molecular flexibility index (Phi) is 4.79. The van der Waals surface area contributed by atoms with Gasteiger partial charge < -0.3 is 10.2 Å². The van der Waals surface area contributed by atoms with Gasteiger partial charge in [-0.2, -0.15) is 4.98 Å². The molecule has 3 aromatic rings. The molecule has 0 fully saturated rings.